The molecule has 12 rings (SSSR count). The largest absolute Gasteiger partial charge is 0.238 e. The summed E-state index contributed by atoms with van der Waals surface area (Å²) in [6.45, 7) is 14.9. The molecule has 0 saturated heterocycles. The van der Waals surface area contributed by atoms with E-state index >= 15 is 0 Å². The number of rotatable bonds is 6. The maximum atomic E-state index is 7.76. The Morgan fingerprint density at radius 2 is 1.10 bits per heavy atom. The molecule has 282 valence electrons. The van der Waals surface area contributed by atoms with Crippen LogP contribution in [0.25, 0.3) is 72.4 Å². The summed E-state index contributed by atoms with van der Waals surface area (Å²) in [5.41, 5.74) is 14.4. The molecule has 4 saturated carbocycles. The summed E-state index contributed by atoms with van der Waals surface area (Å²) in [5.74, 6) is 5.12. The standard InChI is InChI=1S/C53H46N4Si/c1-54-42-18-11-16-38(31-42)43-20-12-21-46-49(43)44-24-23-37(32-47(44)53(46)40-26-33-25-34(28-40)29-41(53)27-33)36-15-10-17-39(30-36)51-55-50(35-13-6-5-7-14-35)56-52(57-51)45-19-8-9-22-48(45)58(2,3)4/h5-24,30-34,40-41H,25-29H2,2-4H3. The summed E-state index contributed by atoms with van der Waals surface area (Å²) >= 11 is 0. The summed E-state index contributed by atoms with van der Waals surface area (Å²) in [5, 5.41) is 1.35. The molecule has 4 nitrogen and oxygen atoms in total. The van der Waals surface area contributed by atoms with Gasteiger partial charge in [-0.2, -0.15) is 0 Å². The molecule has 1 aromatic heterocycles. The van der Waals surface area contributed by atoms with Gasteiger partial charge in [0.1, 0.15) is 0 Å². The van der Waals surface area contributed by atoms with Crippen LogP contribution < -0.4 is 5.19 Å². The lowest BCUT2D eigenvalue weighted by atomic mass is 9.43. The van der Waals surface area contributed by atoms with E-state index in [1.54, 1.807) is 0 Å². The second kappa shape index (κ2) is 13.3. The summed E-state index contributed by atoms with van der Waals surface area (Å²) in [4.78, 5) is 19.3. The fourth-order valence-electron chi connectivity index (χ4n) is 11.9. The van der Waals surface area contributed by atoms with Crippen molar-refractivity contribution in [3.8, 4) is 67.5 Å². The number of fused-ring (bicyclic) bond motifs is 3. The first-order chi connectivity index (χ1) is 28.3. The van der Waals surface area contributed by atoms with Crippen LogP contribution in [-0.4, -0.2) is 23.0 Å². The summed E-state index contributed by atoms with van der Waals surface area (Å²) in [7, 11) is -1.71. The maximum Gasteiger partial charge on any atom is 0.187 e. The smallest absolute Gasteiger partial charge is 0.187 e. The van der Waals surface area contributed by atoms with E-state index in [-0.39, 0.29) is 5.41 Å². The Morgan fingerprint density at radius 1 is 0.500 bits per heavy atom. The Bertz CT molecular complexity index is 2780. The highest BCUT2D eigenvalue weighted by Crippen LogP contribution is 2.70. The van der Waals surface area contributed by atoms with Gasteiger partial charge in [0.15, 0.2) is 23.2 Å². The van der Waals surface area contributed by atoms with Crippen molar-refractivity contribution >= 4 is 18.9 Å². The third-order valence-corrected chi connectivity index (χ3v) is 16.1. The molecule has 0 unspecified atom stereocenters. The lowest BCUT2D eigenvalue weighted by molar-refractivity contribution is -0.0399. The van der Waals surface area contributed by atoms with Crippen molar-refractivity contribution in [2.45, 2.75) is 57.2 Å². The van der Waals surface area contributed by atoms with Gasteiger partial charge < -0.3 is 0 Å². The molecule has 0 atom stereocenters. The first-order valence-electron chi connectivity index (χ1n) is 21.1. The Labute approximate surface area is 343 Å². The number of hydrogen-bond donors (Lipinski definition) is 0. The molecule has 1 heterocycles. The van der Waals surface area contributed by atoms with E-state index in [9.17, 15) is 0 Å². The average molecular weight is 767 g/mol. The fraction of sp³-hybridized carbons (Fsp3) is 0.245. The van der Waals surface area contributed by atoms with E-state index in [2.05, 4.69) is 134 Å². The number of nitrogens with zero attached hydrogens (tertiary/aromatic N) is 4. The van der Waals surface area contributed by atoms with Gasteiger partial charge in [-0.1, -0.05) is 141 Å². The summed E-state index contributed by atoms with van der Waals surface area (Å²) < 4.78 is 0. The monoisotopic (exact) mass is 766 g/mol. The third kappa shape index (κ3) is 5.49. The van der Waals surface area contributed by atoms with Gasteiger partial charge >= 0.3 is 0 Å². The number of hydrogen-bond acceptors (Lipinski definition) is 3. The maximum absolute atomic E-state index is 7.76. The normalized spacial score (nSPS) is 22.4. The Balaban J connectivity index is 1.07. The predicted octanol–water partition coefficient (Wildman–Crippen LogP) is 13.0. The lowest BCUT2D eigenvalue weighted by Gasteiger charge is -2.61. The molecule has 4 fully saturated rings. The van der Waals surface area contributed by atoms with Gasteiger partial charge in [0.05, 0.1) is 14.6 Å². The zero-order valence-corrected chi connectivity index (χ0v) is 34.4. The minimum absolute atomic E-state index is 0.0105. The second-order valence-electron chi connectivity index (χ2n) is 18.4. The van der Waals surface area contributed by atoms with E-state index < -0.39 is 8.07 Å². The highest BCUT2D eigenvalue weighted by Gasteiger charge is 2.61. The molecule has 0 aliphatic heterocycles. The van der Waals surface area contributed by atoms with Crippen LogP contribution in [0, 0.1) is 30.2 Å². The first kappa shape index (κ1) is 35.2. The van der Waals surface area contributed by atoms with E-state index in [1.165, 1.54) is 76.2 Å². The first-order valence-corrected chi connectivity index (χ1v) is 24.6. The van der Waals surface area contributed by atoms with Crippen molar-refractivity contribution in [1.82, 2.24) is 15.0 Å². The minimum atomic E-state index is -1.71. The van der Waals surface area contributed by atoms with E-state index in [0.717, 1.165) is 39.9 Å². The molecule has 0 N–H and O–H groups in total. The topological polar surface area (TPSA) is 43.0 Å². The number of aromatic nitrogens is 3. The van der Waals surface area contributed by atoms with Crippen molar-refractivity contribution in [3.05, 3.63) is 162 Å². The fourth-order valence-corrected chi connectivity index (χ4v) is 13.5. The van der Waals surface area contributed by atoms with Crippen LogP contribution in [-0.2, 0) is 5.41 Å². The van der Waals surface area contributed by atoms with Crippen LogP contribution in [0.1, 0.15) is 43.2 Å². The summed E-state index contributed by atoms with van der Waals surface area (Å²) in [6.07, 6.45) is 6.74. The molecule has 5 aliphatic carbocycles. The van der Waals surface area contributed by atoms with Crippen LogP contribution in [0.15, 0.2) is 140 Å². The highest BCUT2D eigenvalue weighted by molar-refractivity contribution is 6.89. The van der Waals surface area contributed by atoms with Gasteiger partial charge in [-0.15, -0.1) is 0 Å². The molecule has 5 aliphatic rings. The van der Waals surface area contributed by atoms with Gasteiger partial charge in [-0.25, -0.2) is 19.8 Å². The average Bonchev–Trinajstić information content (AvgIpc) is 3.55. The SMILES string of the molecule is [C-]#[N+]c1cccc(-c2cccc3c2-c2ccc(-c4cccc(-c5nc(-c6ccccc6)nc(-c6ccccc6[Si](C)(C)C)n5)c4)cc2C32C3CC4CC(C3)CC2C4)c1. The third-order valence-electron chi connectivity index (χ3n) is 14.1. The van der Waals surface area contributed by atoms with Gasteiger partial charge in [0.25, 0.3) is 0 Å². The quantitative estimate of drug-likeness (QED) is 0.125. The van der Waals surface area contributed by atoms with Gasteiger partial charge in [0.2, 0.25) is 0 Å². The zero-order valence-electron chi connectivity index (χ0n) is 33.4. The van der Waals surface area contributed by atoms with Crippen molar-refractivity contribution in [2.24, 2.45) is 23.7 Å². The lowest BCUT2D eigenvalue weighted by Crippen LogP contribution is -2.55. The molecule has 6 aromatic carbocycles. The molecular weight excluding hydrogens is 721 g/mol. The van der Waals surface area contributed by atoms with Crippen LogP contribution in [0.2, 0.25) is 19.6 Å². The van der Waals surface area contributed by atoms with Gasteiger partial charge in [-0.3, -0.25) is 0 Å². The van der Waals surface area contributed by atoms with E-state index in [0.29, 0.717) is 29.2 Å². The molecule has 5 heteroatoms. The molecule has 0 radical (unpaired) electrons. The summed E-state index contributed by atoms with van der Waals surface area (Å²) in [6, 6.07) is 50.4. The van der Waals surface area contributed by atoms with E-state index in [4.69, 9.17) is 21.5 Å². The van der Waals surface area contributed by atoms with E-state index in [1.807, 2.05) is 30.3 Å². The molecule has 58 heavy (non-hydrogen) atoms. The molecule has 1 spiro atoms. The molecule has 4 bridgehead atoms. The Morgan fingerprint density at radius 3 is 1.86 bits per heavy atom. The van der Waals surface area contributed by atoms with Crippen LogP contribution in [0.3, 0.4) is 0 Å². The second-order valence-corrected chi connectivity index (χ2v) is 23.4. The van der Waals surface area contributed by atoms with Crippen molar-refractivity contribution in [2.75, 3.05) is 0 Å². The minimum Gasteiger partial charge on any atom is -0.238 e. The zero-order chi connectivity index (χ0) is 39.2. The van der Waals surface area contributed by atoms with Crippen LogP contribution in [0.5, 0.6) is 0 Å². The van der Waals surface area contributed by atoms with Gasteiger partial charge in [0, 0.05) is 22.1 Å². The van der Waals surface area contributed by atoms with Crippen LogP contribution >= 0.6 is 0 Å². The number of benzene rings is 6. The van der Waals surface area contributed by atoms with Crippen molar-refractivity contribution in [1.29, 1.82) is 0 Å². The molecule has 7 aromatic rings. The van der Waals surface area contributed by atoms with Crippen molar-refractivity contribution < 1.29 is 0 Å². The van der Waals surface area contributed by atoms with Crippen molar-refractivity contribution in [3.63, 3.8) is 0 Å². The van der Waals surface area contributed by atoms with Gasteiger partial charge in [-0.05, 0) is 124 Å². The Hall–Kier alpha value is -5.96. The van der Waals surface area contributed by atoms with Crippen LogP contribution in [0.4, 0.5) is 5.69 Å². The predicted molar refractivity (Wildman–Crippen MR) is 240 cm³/mol. The Kier molecular flexibility index (Phi) is 8.07. The molecular formula is C53H46N4Si. The highest BCUT2D eigenvalue weighted by atomic mass is 28.3. The molecule has 0 amide bonds.